The highest BCUT2D eigenvalue weighted by Crippen LogP contribution is 2.11. The fourth-order valence-electron chi connectivity index (χ4n) is 1.53. The van der Waals surface area contributed by atoms with Crippen LogP contribution >= 0.6 is 0 Å². The van der Waals surface area contributed by atoms with Crippen LogP contribution in [0.1, 0.15) is 39.3 Å². The number of hydrogen-bond donors (Lipinski definition) is 2. The number of oxazole rings is 1. The summed E-state index contributed by atoms with van der Waals surface area (Å²) in [5.74, 6) is 0.698. The molecule has 2 N–H and O–H groups in total. The molecule has 4 heteroatoms. The SMILES string of the molecule is CCNCc1coc(NCC(CC)CC)n1. The van der Waals surface area contributed by atoms with Crippen LogP contribution in [0.15, 0.2) is 10.7 Å². The van der Waals surface area contributed by atoms with Crippen molar-refractivity contribution in [1.29, 1.82) is 0 Å². The topological polar surface area (TPSA) is 50.1 Å². The van der Waals surface area contributed by atoms with Crippen molar-refractivity contribution < 1.29 is 4.42 Å². The van der Waals surface area contributed by atoms with Crippen molar-refractivity contribution in [2.24, 2.45) is 5.92 Å². The van der Waals surface area contributed by atoms with Gasteiger partial charge in [-0.05, 0) is 12.5 Å². The lowest BCUT2D eigenvalue weighted by Crippen LogP contribution is -2.14. The first-order valence-electron chi connectivity index (χ1n) is 6.19. The maximum Gasteiger partial charge on any atom is 0.294 e. The van der Waals surface area contributed by atoms with Gasteiger partial charge in [-0.1, -0.05) is 33.6 Å². The van der Waals surface area contributed by atoms with Gasteiger partial charge in [0, 0.05) is 13.1 Å². The summed E-state index contributed by atoms with van der Waals surface area (Å²) in [6, 6.07) is 0.639. The van der Waals surface area contributed by atoms with Crippen molar-refractivity contribution in [3.05, 3.63) is 12.0 Å². The lowest BCUT2D eigenvalue weighted by molar-refractivity contribution is 0.501. The first-order valence-corrected chi connectivity index (χ1v) is 6.19. The Morgan fingerprint density at radius 1 is 1.31 bits per heavy atom. The van der Waals surface area contributed by atoms with Crippen molar-refractivity contribution in [1.82, 2.24) is 10.3 Å². The van der Waals surface area contributed by atoms with E-state index in [0.717, 1.165) is 25.3 Å². The van der Waals surface area contributed by atoms with E-state index in [0.29, 0.717) is 11.9 Å². The van der Waals surface area contributed by atoms with Crippen molar-refractivity contribution >= 4 is 6.01 Å². The minimum atomic E-state index is 0.639. The minimum Gasteiger partial charge on any atom is -0.432 e. The molecule has 1 aromatic heterocycles. The first-order chi connectivity index (χ1) is 7.80. The summed E-state index contributed by atoms with van der Waals surface area (Å²) in [5.41, 5.74) is 0.953. The summed E-state index contributed by atoms with van der Waals surface area (Å²) >= 11 is 0. The van der Waals surface area contributed by atoms with Crippen LogP contribution in [0.25, 0.3) is 0 Å². The van der Waals surface area contributed by atoms with Crippen LogP contribution in [0.5, 0.6) is 0 Å². The van der Waals surface area contributed by atoms with E-state index in [9.17, 15) is 0 Å². The van der Waals surface area contributed by atoms with E-state index in [-0.39, 0.29) is 0 Å². The Kier molecular flexibility index (Phi) is 5.93. The summed E-state index contributed by atoms with van der Waals surface area (Å²) in [4.78, 5) is 4.35. The number of rotatable bonds is 8. The normalized spacial score (nSPS) is 11.0. The molecule has 0 saturated heterocycles. The predicted octanol–water partition coefficient (Wildman–Crippen LogP) is 2.63. The van der Waals surface area contributed by atoms with E-state index in [1.165, 1.54) is 12.8 Å². The van der Waals surface area contributed by atoms with E-state index >= 15 is 0 Å². The maximum absolute atomic E-state index is 5.34. The molecule has 16 heavy (non-hydrogen) atoms. The van der Waals surface area contributed by atoms with E-state index in [2.05, 4.69) is 36.4 Å². The van der Waals surface area contributed by atoms with Crippen LogP contribution in [-0.4, -0.2) is 18.1 Å². The summed E-state index contributed by atoms with van der Waals surface area (Å²) in [6.45, 7) is 9.15. The fourth-order valence-corrected chi connectivity index (χ4v) is 1.53. The fraction of sp³-hybridized carbons (Fsp3) is 0.750. The Labute approximate surface area is 97.8 Å². The number of nitrogens with one attached hydrogen (secondary N) is 2. The van der Waals surface area contributed by atoms with Crippen molar-refractivity contribution in [2.75, 3.05) is 18.4 Å². The van der Waals surface area contributed by atoms with E-state index in [4.69, 9.17) is 4.42 Å². The Morgan fingerprint density at radius 2 is 2.06 bits per heavy atom. The van der Waals surface area contributed by atoms with Gasteiger partial charge in [0.25, 0.3) is 6.01 Å². The third kappa shape index (κ3) is 4.23. The molecular formula is C12H23N3O. The predicted molar refractivity (Wildman–Crippen MR) is 66.4 cm³/mol. The zero-order valence-electron chi connectivity index (χ0n) is 10.5. The van der Waals surface area contributed by atoms with Crippen molar-refractivity contribution in [3.63, 3.8) is 0 Å². The molecule has 1 heterocycles. The maximum atomic E-state index is 5.34. The average molecular weight is 225 g/mol. The van der Waals surface area contributed by atoms with Crippen molar-refractivity contribution in [2.45, 2.75) is 40.2 Å². The average Bonchev–Trinajstić information content (AvgIpc) is 2.76. The summed E-state index contributed by atoms with van der Waals surface area (Å²) in [7, 11) is 0. The Balaban J connectivity index is 2.33. The van der Waals surface area contributed by atoms with Gasteiger partial charge in [0.15, 0.2) is 0 Å². The summed E-state index contributed by atoms with van der Waals surface area (Å²) < 4.78 is 5.34. The monoisotopic (exact) mass is 225 g/mol. The number of nitrogens with zero attached hydrogens (tertiary/aromatic N) is 1. The van der Waals surface area contributed by atoms with Gasteiger partial charge < -0.3 is 15.1 Å². The highest BCUT2D eigenvalue weighted by molar-refractivity contribution is 5.21. The quantitative estimate of drug-likeness (QED) is 0.714. The molecular weight excluding hydrogens is 202 g/mol. The van der Waals surface area contributed by atoms with Crippen LogP contribution in [0.4, 0.5) is 6.01 Å². The molecule has 0 amide bonds. The van der Waals surface area contributed by atoms with Gasteiger partial charge in [0.1, 0.15) is 6.26 Å². The second-order valence-corrected chi connectivity index (χ2v) is 3.99. The molecule has 0 aliphatic rings. The zero-order chi connectivity index (χ0) is 11.8. The van der Waals surface area contributed by atoms with Gasteiger partial charge in [-0.15, -0.1) is 0 Å². The van der Waals surface area contributed by atoms with Crippen LogP contribution in [0, 0.1) is 5.92 Å². The molecule has 0 fully saturated rings. The molecule has 92 valence electrons. The molecule has 0 aromatic carbocycles. The second kappa shape index (κ2) is 7.28. The Hall–Kier alpha value is -1.03. The third-order valence-electron chi connectivity index (χ3n) is 2.80. The lowest BCUT2D eigenvalue weighted by atomic mass is 10.0. The molecule has 1 aromatic rings. The minimum absolute atomic E-state index is 0.639. The molecule has 0 bridgehead atoms. The van der Waals surface area contributed by atoms with Crippen LogP contribution in [0.2, 0.25) is 0 Å². The standard InChI is InChI=1S/C12H23N3O/c1-4-10(5-2)7-14-12-15-11(9-16-12)8-13-6-3/h9-10,13H,4-8H2,1-3H3,(H,14,15). The van der Waals surface area contributed by atoms with Gasteiger partial charge in [-0.3, -0.25) is 0 Å². The largest absolute Gasteiger partial charge is 0.432 e. The second-order valence-electron chi connectivity index (χ2n) is 3.99. The van der Waals surface area contributed by atoms with Crippen LogP contribution in [0.3, 0.4) is 0 Å². The number of hydrogen-bond acceptors (Lipinski definition) is 4. The highest BCUT2D eigenvalue weighted by atomic mass is 16.4. The Morgan fingerprint density at radius 3 is 2.69 bits per heavy atom. The lowest BCUT2D eigenvalue weighted by Gasteiger charge is -2.11. The van der Waals surface area contributed by atoms with Crippen LogP contribution in [-0.2, 0) is 6.54 Å². The summed E-state index contributed by atoms with van der Waals surface area (Å²) in [5, 5.41) is 6.45. The van der Waals surface area contributed by atoms with E-state index in [1.54, 1.807) is 6.26 Å². The zero-order valence-corrected chi connectivity index (χ0v) is 10.5. The molecule has 0 aliphatic heterocycles. The van der Waals surface area contributed by atoms with Crippen molar-refractivity contribution in [3.8, 4) is 0 Å². The molecule has 0 atom stereocenters. The van der Waals surface area contributed by atoms with Gasteiger partial charge in [-0.25, -0.2) is 0 Å². The number of anilines is 1. The van der Waals surface area contributed by atoms with Gasteiger partial charge in [0.05, 0.1) is 5.69 Å². The molecule has 1 rings (SSSR count). The molecule has 0 aliphatic carbocycles. The van der Waals surface area contributed by atoms with Crippen LogP contribution < -0.4 is 10.6 Å². The molecule has 0 saturated carbocycles. The summed E-state index contributed by atoms with van der Waals surface area (Å²) in [6.07, 6.45) is 4.08. The first kappa shape index (κ1) is 13.0. The van der Waals surface area contributed by atoms with Gasteiger partial charge >= 0.3 is 0 Å². The smallest absolute Gasteiger partial charge is 0.294 e. The highest BCUT2D eigenvalue weighted by Gasteiger charge is 2.06. The van der Waals surface area contributed by atoms with Gasteiger partial charge in [0.2, 0.25) is 0 Å². The Bertz CT molecular complexity index is 282. The molecule has 0 spiro atoms. The van der Waals surface area contributed by atoms with Gasteiger partial charge in [-0.2, -0.15) is 4.98 Å². The van der Waals surface area contributed by atoms with E-state index in [1.807, 2.05) is 0 Å². The molecule has 4 nitrogen and oxygen atoms in total. The molecule has 0 radical (unpaired) electrons. The van der Waals surface area contributed by atoms with E-state index < -0.39 is 0 Å². The molecule has 0 unspecified atom stereocenters. The number of aromatic nitrogens is 1. The third-order valence-corrected chi connectivity index (χ3v) is 2.80.